The zero-order valence-corrected chi connectivity index (χ0v) is 7.39. The van der Waals surface area contributed by atoms with Gasteiger partial charge in [-0.3, -0.25) is 0 Å². The van der Waals surface area contributed by atoms with Crippen LogP contribution in [-0.4, -0.2) is 6.04 Å². The Hall–Kier alpha value is -0.0400. The van der Waals surface area contributed by atoms with Gasteiger partial charge >= 0.3 is 0 Å². The molecule has 0 aliphatic heterocycles. The molecule has 11 heavy (non-hydrogen) atoms. The van der Waals surface area contributed by atoms with Crippen molar-refractivity contribution in [1.82, 2.24) is 0 Å². The topological polar surface area (TPSA) is 27.6 Å². The summed E-state index contributed by atoms with van der Waals surface area (Å²) in [6.07, 6.45) is 10.4. The lowest BCUT2D eigenvalue weighted by atomic mass is 9.70. The van der Waals surface area contributed by atoms with E-state index in [1.807, 2.05) is 0 Å². The molecule has 0 aromatic rings. The second kappa shape index (κ2) is 3.14. The highest BCUT2D eigenvalue weighted by Gasteiger charge is 2.31. The Bertz CT molecular complexity index is 133. The lowest BCUT2D eigenvalue weighted by Crippen LogP contribution is -2.63. The van der Waals surface area contributed by atoms with E-state index in [-0.39, 0.29) is 0 Å². The van der Waals surface area contributed by atoms with Crippen LogP contribution in [0, 0.1) is 11.8 Å². The standard InChI is InChI=1S/C10H19N/c11-10-6-5-8-3-1-2-4-9(8)7-10/h8-10H,1-7,11H2/p+1/t8-,9-,10-/m0/s1. The van der Waals surface area contributed by atoms with Gasteiger partial charge in [0.2, 0.25) is 0 Å². The van der Waals surface area contributed by atoms with E-state index in [2.05, 4.69) is 5.73 Å². The predicted octanol–water partition coefficient (Wildman–Crippen LogP) is 1.59. The van der Waals surface area contributed by atoms with Gasteiger partial charge < -0.3 is 5.73 Å². The number of fused-ring (bicyclic) bond motifs is 1. The van der Waals surface area contributed by atoms with Gasteiger partial charge in [-0.05, 0) is 31.1 Å². The Balaban J connectivity index is 1.93. The number of hydrogen-bond acceptors (Lipinski definition) is 0. The van der Waals surface area contributed by atoms with Gasteiger partial charge in [-0.15, -0.1) is 0 Å². The maximum absolute atomic E-state index is 4.19. The molecule has 0 aromatic carbocycles. The Morgan fingerprint density at radius 1 is 0.818 bits per heavy atom. The predicted molar refractivity (Wildman–Crippen MR) is 46.0 cm³/mol. The summed E-state index contributed by atoms with van der Waals surface area (Å²) in [4.78, 5) is 0. The van der Waals surface area contributed by atoms with E-state index in [4.69, 9.17) is 0 Å². The lowest BCUT2D eigenvalue weighted by Gasteiger charge is -2.36. The van der Waals surface area contributed by atoms with E-state index in [1.54, 1.807) is 0 Å². The molecule has 0 aromatic heterocycles. The van der Waals surface area contributed by atoms with Crippen molar-refractivity contribution < 1.29 is 5.73 Å². The molecule has 0 amide bonds. The summed E-state index contributed by atoms with van der Waals surface area (Å²) in [5, 5.41) is 0. The summed E-state index contributed by atoms with van der Waals surface area (Å²) in [6, 6.07) is 0.786. The maximum Gasteiger partial charge on any atom is 0.0846 e. The van der Waals surface area contributed by atoms with Gasteiger partial charge in [0.05, 0.1) is 6.04 Å². The summed E-state index contributed by atoms with van der Waals surface area (Å²) >= 11 is 0. The molecular formula is C10H20N+. The number of rotatable bonds is 0. The smallest absolute Gasteiger partial charge is 0.0846 e. The third-order valence-electron chi connectivity index (χ3n) is 3.65. The van der Waals surface area contributed by atoms with Crippen LogP contribution in [0.4, 0.5) is 0 Å². The Morgan fingerprint density at radius 3 is 2.36 bits per heavy atom. The van der Waals surface area contributed by atoms with Crippen molar-refractivity contribution in [2.75, 3.05) is 0 Å². The number of quaternary nitrogens is 1. The van der Waals surface area contributed by atoms with Crippen LogP contribution in [0.15, 0.2) is 0 Å². The summed E-state index contributed by atoms with van der Waals surface area (Å²) < 4.78 is 0. The largest absolute Gasteiger partial charge is 0.355 e. The minimum absolute atomic E-state index is 0.786. The van der Waals surface area contributed by atoms with Gasteiger partial charge in [0.1, 0.15) is 0 Å². The zero-order chi connectivity index (χ0) is 7.68. The van der Waals surface area contributed by atoms with E-state index < -0.39 is 0 Å². The van der Waals surface area contributed by atoms with Crippen molar-refractivity contribution in [3.8, 4) is 0 Å². The van der Waals surface area contributed by atoms with Crippen LogP contribution >= 0.6 is 0 Å². The minimum Gasteiger partial charge on any atom is -0.355 e. The van der Waals surface area contributed by atoms with Crippen molar-refractivity contribution in [2.24, 2.45) is 11.8 Å². The highest BCUT2D eigenvalue weighted by atomic mass is 14.6. The van der Waals surface area contributed by atoms with Crippen molar-refractivity contribution in [3.63, 3.8) is 0 Å². The Kier molecular flexibility index (Phi) is 2.17. The van der Waals surface area contributed by atoms with Crippen LogP contribution in [-0.2, 0) is 0 Å². The summed E-state index contributed by atoms with van der Waals surface area (Å²) in [5.41, 5.74) is 4.19. The van der Waals surface area contributed by atoms with Crippen molar-refractivity contribution in [1.29, 1.82) is 0 Å². The minimum atomic E-state index is 0.786. The molecule has 3 N–H and O–H groups in total. The van der Waals surface area contributed by atoms with Gasteiger partial charge in [0, 0.05) is 6.42 Å². The van der Waals surface area contributed by atoms with Crippen molar-refractivity contribution in [3.05, 3.63) is 0 Å². The van der Waals surface area contributed by atoms with Crippen molar-refractivity contribution in [2.45, 2.75) is 51.0 Å². The van der Waals surface area contributed by atoms with Gasteiger partial charge in [0.15, 0.2) is 0 Å². The first-order valence-electron chi connectivity index (χ1n) is 5.19. The lowest BCUT2D eigenvalue weighted by molar-refractivity contribution is -0.430. The fourth-order valence-electron chi connectivity index (χ4n) is 2.97. The van der Waals surface area contributed by atoms with E-state index in [0.29, 0.717) is 0 Å². The fourth-order valence-corrected chi connectivity index (χ4v) is 2.97. The quantitative estimate of drug-likeness (QED) is 0.549. The van der Waals surface area contributed by atoms with Crippen LogP contribution in [0.5, 0.6) is 0 Å². The Labute approximate surface area is 69.4 Å². The monoisotopic (exact) mass is 154 g/mol. The first-order chi connectivity index (χ1) is 5.36. The fraction of sp³-hybridized carbons (Fsp3) is 1.00. The molecule has 2 aliphatic rings. The first kappa shape index (κ1) is 7.60. The SMILES string of the molecule is [NH3+][C@H]1CC[C@@H]2CCCC[C@H]2C1. The van der Waals surface area contributed by atoms with Gasteiger partial charge in [-0.25, -0.2) is 0 Å². The summed E-state index contributed by atoms with van der Waals surface area (Å²) in [7, 11) is 0. The summed E-state index contributed by atoms with van der Waals surface area (Å²) in [5.74, 6) is 2.17. The van der Waals surface area contributed by atoms with E-state index in [1.165, 1.54) is 44.9 Å². The molecule has 2 rings (SSSR count). The first-order valence-corrected chi connectivity index (χ1v) is 5.19. The van der Waals surface area contributed by atoms with Crippen molar-refractivity contribution >= 4 is 0 Å². The van der Waals surface area contributed by atoms with E-state index in [0.717, 1.165) is 17.9 Å². The second-order valence-electron chi connectivity index (χ2n) is 4.48. The molecule has 0 heterocycles. The average molecular weight is 154 g/mol. The number of hydrogen-bond donors (Lipinski definition) is 1. The highest BCUT2D eigenvalue weighted by Crippen LogP contribution is 2.39. The molecule has 1 nitrogen and oxygen atoms in total. The highest BCUT2D eigenvalue weighted by molar-refractivity contribution is 4.82. The van der Waals surface area contributed by atoms with Crippen LogP contribution in [0.3, 0.4) is 0 Å². The summed E-state index contributed by atoms with van der Waals surface area (Å²) in [6.45, 7) is 0. The molecule has 0 unspecified atom stereocenters. The average Bonchev–Trinajstić information content (AvgIpc) is 2.04. The van der Waals surface area contributed by atoms with Crippen LogP contribution in [0.1, 0.15) is 44.9 Å². The van der Waals surface area contributed by atoms with Gasteiger partial charge in [0.25, 0.3) is 0 Å². The molecule has 0 radical (unpaired) electrons. The van der Waals surface area contributed by atoms with Crippen LogP contribution < -0.4 is 5.73 Å². The molecule has 0 spiro atoms. The zero-order valence-electron chi connectivity index (χ0n) is 7.39. The third kappa shape index (κ3) is 1.58. The molecular weight excluding hydrogens is 134 g/mol. The maximum atomic E-state index is 4.19. The molecule has 0 saturated heterocycles. The van der Waals surface area contributed by atoms with Gasteiger partial charge in [-0.2, -0.15) is 0 Å². The van der Waals surface area contributed by atoms with E-state index >= 15 is 0 Å². The normalized spacial score (nSPS) is 45.0. The van der Waals surface area contributed by atoms with Gasteiger partial charge in [-0.1, -0.05) is 19.3 Å². The molecule has 0 bridgehead atoms. The molecule has 3 atom stereocenters. The molecule has 2 aliphatic carbocycles. The van der Waals surface area contributed by atoms with Crippen LogP contribution in [0.25, 0.3) is 0 Å². The van der Waals surface area contributed by atoms with E-state index in [9.17, 15) is 0 Å². The second-order valence-corrected chi connectivity index (χ2v) is 4.48. The molecule has 2 saturated carbocycles. The molecule has 64 valence electrons. The third-order valence-corrected chi connectivity index (χ3v) is 3.65. The molecule has 2 fully saturated rings. The molecule has 1 heteroatoms. The van der Waals surface area contributed by atoms with Crippen LogP contribution in [0.2, 0.25) is 0 Å². The Morgan fingerprint density at radius 2 is 1.55 bits per heavy atom.